The monoisotopic (exact) mass is 275 g/mol. The van der Waals surface area contributed by atoms with Gasteiger partial charge in [0.1, 0.15) is 5.75 Å². The second kappa shape index (κ2) is 6.31. The summed E-state index contributed by atoms with van der Waals surface area (Å²) < 4.78 is 40.5. The van der Waals surface area contributed by atoms with E-state index in [9.17, 15) is 13.2 Å². The van der Waals surface area contributed by atoms with Crippen LogP contribution in [0.15, 0.2) is 29.3 Å². The van der Waals surface area contributed by atoms with Crippen LogP contribution >= 0.6 is 0 Å². The summed E-state index contributed by atoms with van der Waals surface area (Å²) in [6.07, 6.45) is -4.33. The van der Waals surface area contributed by atoms with Gasteiger partial charge in [-0.2, -0.15) is 13.2 Å². The summed E-state index contributed by atoms with van der Waals surface area (Å²) >= 11 is 0. The highest BCUT2D eigenvalue weighted by atomic mass is 19.4. The molecule has 7 heteroatoms. The highest BCUT2D eigenvalue weighted by Gasteiger charge is 2.28. The zero-order valence-electron chi connectivity index (χ0n) is 10.7. The van der Waals surface area contributed by atoms with Gasteiger partial charge in [-0.05, 0) is 24.6 Å². The van der Waals surface area contributed by atoms with Crippen LogP contribution in [-0.2, 0) is 0 Å². The molecule has 0 unspecified atom stereocenters. The highest BCUT2D eigenvalue weighted by Crippen LogP contribution is 2.20. The van der Waals surface area contributed by atoms with Crippen LogP contribution in [0.3, 0.4) is 0 Å². The van der Waals surface area contributed by atoms with Crippen molar-refractivity contribution in [1.29, 1.82) is 0 Å². The lowest BCUT2D eigenvalue weighted by molar-refractivity contribution is -0.153. The van der Waals surface area contributed by atoms with Gasteiger partial charge < -0.3 is 15.8 Å². The minimum atomic E-state index is -4.33. The van der Waals surface area contributed by atoms with Gasteiger partial charge in [0.05, 0.1) is 6.04 Å². The van der Waals surface area contributed by atoms with Gasteiger partial charge in [0.15, 0.2) is 12.6 Å². The summed E-state index contributed by atoms with van der Waals surface area (Å²) in [5, 5.41) is 2.93. The van der Waals surface area contributed by atoms with E-state index in [4.69, 9.17) is 5.73 Å². The van der Waals surface area contributed by atoms with E-state index in [0.29, 0.717) is 5.96 Å². The number of benzene rings is 1. The fraction of sp³-hybridized carbons (Fsp3) is 0.417. The number of alkyl halides is 3. The lowest BCUT2D eigenvalue weighted by Crippen LogP contribution is -2.33. The van der Waals surface area contributed by atoms with Crippen LogP contribution in [0.4, 0.5) is 13.2 Å². The number of halogens is 3. The normalized spacial score (nSPS) is 14.1. The third-order valence-corrected chi connectivity index (χ3v) is 2.39. The first kappa shape index (κ1) is 15.1. The van der Waals surface area contributed by atoms with Crippen LogP contribution in [0.2, 0.25) is 0 Å². The van der Waals surface area contributed by atoms with Crippen LogP contribution in [0.5, 0.6) is 5.75 Å². The van der Waals surface area contributed by atoms with Crippen molar-refractivity contribution < 1.29 is 17.9 Å². The van der Waals surface area contributed by atoms with E-state index in [2.05, 4.69) is 15.0 Å². The molecular weight excluding hydrogens is 259 g/mol. The summed E-state index contributed by atoms with van der Waals surface area (Å²) in [5.41, 5.74) is 6.39. The van der Waals surface area contributed by atoms with Gasteiger partial charge >= 0.3 is 6.18 Å². The topological polar surface area (TPSA) is 59.6 Å². The minimum absolute atomic E-state index is 0.0969. The number of nitrogens with zero attached hydrogens (tertiary/aromatic N) is 1. The Hall–Kier alpha value is -1.92. The molecule has 1 aromatic carbocycles. The van der Waals surface area contributed by atoms with Crippen LogP contribution in [0.25, 0.3) is 0 Å². The molecule has 1 aromatic rings. The van der Waals surface area contributed by atoms with Gasteiger partial charge in [-0.15, -0.1) is 0 Å². The fourth-order valence-electron chi connectivity index (χ4n) is 1.39. The first-order valence-electron chi connectivity index (χ1n) is 5.60. The molecule has 0 saturated carbocycles. The van der Waals surface area contributed by atoms with Crippen molar-refractivity contribution >= 4 is 5.96 Å². The van der Waals surface area contributed by atoms with Crippen molar-refractivity contribution in [2.24, 2.45) is 10.7 Å². The maximum absolute atomic E-state index is 12.0. The predicted octanol–water partition coefficient (Wildman–Crippen LogP) is 2.22. The van der Waals surface area contributed by atoms with E-state index < -0.39 is 12.8 Å². The molecule has 0 amide bonds. The largest absolute Gasteiger partial charge is 0.484 e. The van der Waals surface area contributed by atoms with Crippen molar-refractivity contribution in [2.75, 3.05) is 13.7 Å². The lowest BCUT2D eigenvalue weighted by atomic mass is 10.1. The molecule has 1 atom stereocenters. The Kier molecular flexibility index (Phi) is 5.02. The zero-order chi connectivity index (χ0) is 14.5. The summed E-state index contributed by atoms with van der Waals surface area (Å²) in [4.78, 5) is 3.76. The molecule has 1 rings (SSSR count). The Labute approximate surface area is 109 Å². The molecule has 0 aliphatic rings. The van der Waals surface area contributed by atoms with Crippen LogP contribution < -0.4 is 15.8 Å². The number of hydrogen-bond donors (Lipinski definition) is 2. The molecule has 0 radical (unpaired) electrons. The van der Waals surface area contributed by atoms with E-state index in [1.54, 1.807) is 19.2 Å². The molecular formula is C12H16F3N3O. The van der Waals surface area contributed by atoms with E-state index in [1.165, 1.54) is 12.1 Å². The van der Waals surface area contributed by atoms with E-state index >= 15 is 0 Å². The number of aliphatic imine (C=N–C) groups is 1. The third-order valence-electron chi connectivity index (χ3n) is 2.39. The second-order valence-corrected chi connectivity index (χ2v) is 3.95. The molecule has 3 N–H and O–H groups in total. The van der Waals surface area contributed by atoms with Crippen molar-refractivity contribution in [3.05, 3.63) is 29.8 Å². The Morgan fingerprint density at radius 1 is 1.37 bits per heavy atom. The minimum Gasteiger partial charge on any atom is -0.484 e. The van der Waals surface area contributed by atoms with Crippen LogP contribution in [0.1, 0.15) is 18.5 Å². The molecule has 0 saturated heterocycles. The molecule has 0 fully saturated rings. The molecule has 4 nitrogen and oxygen atoms in total. The molecule has 0 bridgehead atoms. The van der Waals surface area contributed by atoms with E-state index in [-0.39, 0.29) is 11.8 Å². The average molecular weight is 275 g/mol. The summed E-state index contributed by atoms with van der Waals surface area (Å²) in [6, 6.07) is 6.22. The molecule has 0 aliphatic heterocycles. The maximum atomic E-state index is 12.0. The molecule has 0 aliphatic carbocycles. The molecule has 19 heavy (non-hydrogen) atoms. The second-order valence-electron chi connectivity index (χ2n) is 3.95. The molecule has 0 spiro atoms. The first-order chi connectivity index (χ1) is 8.81. The number of guanidine groups is 1. The van der Waals surface area contributed by atoms with E-state index in [0.717, 1.165) is 5.56 Å². The fourth-order valence-corrected chi connectivity index (χ4v) is 1.39. The van der Waals surface area contributed by atoms with Gasteiger partial charge in [0, 0.05) is 7.05 Å². The highest BCUT2D eigenvalue weighted by molar-refractivity contribution is 5.78. The van der Waals surface area contributed by atoms with Crippen molar-refractivity contribution in [3.63, 3.8) is 0 Å². The molecule has 106 valence electrons. The van der Waals surface area contributed by atoms with Crippen LogP contribution in [-0.4, -0.2) is 25.8 Å². The number of ether oxygens (including phenoxy) is 1. The number of nitrogens with one attached hydrogen (secondary N) is 1. The Bertz CT molecular complexity index is 429. The summed E-state index contributed by atoms with van der Waals surface area (Å²) in [6.45, 7) is 0.569. The zero-order valence-corrected chi connectivity index (χ0v) is 10.7. The Balaban J connectivity index is 2.61. The molecule has 0 aromatic heterocycles. The number of nitrogens with two attached hydrogens (primary N) is 1. The molecule has 0 heterocycles. The van der Waals surface area contributed by atoms with Gasteiger partial charge in [-0.3, -0.25) is 4.99 Å². The van der Waals surface area contributed by atoms with Gasteiger partial charge in [0.25, 0.3) is 0 Å². The average Bonchev–Trinajstić information content (AvgIpc) is 2.36. The first-order valence-corrected chi connectivity index (χ1v) is 5.60. The predicted molar refractivity (Wildman–Crippen MR) is 67.1 cm³/mol. The number of hydrogen-bond acceptors (Lipinski definition) is 2. The van der Waals surface area contributed by atoms with Crippen molar-refractivity contribution in [1.82, 2.24) is 5.32 Å². The van der Waals surface area contributed by atoms with Gasteiger partial charge in [-0.1, -0.05) is 12.1 Å². The standard InChI is InChI=1S/C12H16F3N3O/c1-8(18-11(16)17-2)9-3-5-10(6-4-9)19-7-12(13,14)15/h3-6,8H,7H2,1-2H3,(H3,16,17,18)/t8-/m0/s1. The summed E-state index contributed by atoms with van der Waals surface area (Å²) in [5.74, 6) is 0.468. The lowest BCUT2D eigenvalue weighted by Gasteiger charge is -2.15. The van der Waals surface area contributed by atoms with Gasteiger partial charge in [0.2, 0.25) is 0 Å². The van der Waals surface area contributed by atoms with Crippen molar-refractivity contribution in [3.8, 4) is 5.75 Å². The third kappa shape index (κ3) is 5.50. The quantitative estimate of drug-likeness (QED) is 0.654. The number of rotatable bonds is 4. The van der Waals surface area contributed by atoms with E-state index in [1.807, 2.05) is 6.92 Å². The maximum Gasteiger partial charge on any atom is 0.422 e. The van der Waals surface area contributed by atoms with Crippen molar-refractivity contribution in [2.45, 2.75) is 19.1 Å². The Morgan fingerprint density at radius 2 is 1.95 bits per heavy atom. The smallest absolute Gasteiger partial charge is 0.422 e. The van der Waals surface area contributed by atoms with Gasteiger partial charge in [-0.25, -0.2) is 0 Å². The summed E-state index contributed by atoms with van der Waals surface area (Å²) in [7, 11) is 1.56. The van der Waals surface area contributed by atoms with Crippen LogP contribution in [0, 0.1) is 0 Å². The SMILES string of the molecule is CN=C(N)N[C@@H](C)c1ccc(OCC(F)(F)F)cc1. The Morgan fingerprint density at radius 3 is 2.42 bits per heavy atom.